The number of nitrogens with zero attached hydrogens (tertiary/aromatic N) is 1. The van der Waals surface area contributed by atoms with Crippen molar-refractivity contribution < 1.29 is 23.9 Å². The number of nitrogens with one attached hydrogen (secondary N) is 2. The molecule has 0 fully saturated rings. The molecule has 3 aromatic carbocycles. The number of carbonyl (C=O) groups excluding carboxylic acids is 3. The maximum absolute atomic E-state index is 12.4. The molecule has 2 amide bonds. The Morgan fingerprint density at radius 2 is 1.74 bits per heavy atom. The van der Waals surface area contributed by atoms with E-state index in [9.17, 15) is 14.4 Å². The molecule has 0 spiro atoms. The van der Waals surface area contributed by atoms with Crippen molar-refractivity contribution in [1.29, 1.82) is 0 Å². The number of carbonyl (C=O) groups is 3. The van der Waals surface area contributed by atoms with E-state index in [0.29, 0.717) is 28.5 Å². The number of halogens is 2. The van der Waals surface area contributed by atoms with Gasteiger partial charge in [-0.3, -0.25) is 9.59 Å². The molecule has 0 aliphatic carbocycles. The molecule has 8 nitrogen and oxygen atoms in total. The molecule has 0 saturated carbocycles. The molecule has 35 heavy (non-hydrogen) atoms. The summed E-state index contributed by atoms with van der Waals surface area (Å²) in [5.41, 5.74) is 3.46. The van der Waals surface area contributed by atoms with Gasteiger partial charge in [-0.15, -0.1) is 0 Å². The van der Waals surface area contributed by atoms with Crippen LogP contribution in [-0.4, -0.2) is 37.1 Å². The van der Waals surface area contributed by atoms with Crippen molar-refractivity contribution in [1.82, 2.24) is 10.7 Å². The van der Waals surface area contributed by atoms with Gasteiger partial charge in [0.15, 0.2) is 0 Å². The highest BCUT2D eigenvalue weighted by molar-refractivity contribution is 6.36. The van der Waals surface area contributed by atoms with E-state index in [1.807, 2.05) is 6.92 Å². The Bertz CT molecular complexity index is 1250. The van der Waals surface area contributed by atoms with Crippen molar-refractivity contribution in [2.24, 2.45) is 5.10 Å². The maximum Gasteiger partial charge on any atom is 0.345 e. The third-order valence-electron chi connectivity index (χ3n) is 4.46. The van der Waals surface area contributed by atoms with Crippen molar-refractivity contribution in [3.63, 3.8) is 0 Å². The van der Waals surface area contributed by atoms with E-state index in [1.165, 1.54) is 24.4 Å². The lowest BCUT2D eigenvalue weighted by atomic mass is 10.2. The molecule has 0 heterocycles. The number of hydrogen-bond donors (Lipinski definition) is 2. The standard InChI is InChI=1S/C25H21Cl2N3O5/c1-2-34-19-9-6-17(7-10-19)24(32)28-15-23(31)30-29-14-16-4-3-5-20(12-16)35-25(33)21-11-8-18(26)13-22(21)27/h3-14H,2,15H2,1H3,(H,28,32)(H,30,31). The third kappa shape index (κ3) is 7.84. The highest BCUT2D eigenvalue weighted by Gasteiger charge is 2.13. The maximum atomic E-state index is 12.4. The number of ether oxygens (including phenoxy) is 2. The van der Waals surface area contributed by atoms with Crippen LogP contribution in [0.15, 0.2) is 71.8 Å². The highest BCUT2D eigenvalue weighted by Crippen LogP contribution is 2.23. The quantitative estimate of drug-likeness (QED) is 0.190. The van der Waals surface area contributed by atoms with Crippen LogP contribution in [0, 0.1) is 0 Å². The van der Waals surface area contributed by atoms with Crippen LogP contribution in [0.2, 0.25) is 10.0 Å². The van der Waals surface area contributed by atoms with Gasteiger partial charge in [-0.25, -0.2) is 10.2 Å². The Morgan fingerprint density at radius 1 is 0.971 bits per heavy atom. The summed E-state index contributed by atoms with van der Waals surface area (Å²) in [6, 6.07) is 17.6. The number of esters is 1. The lowest BCUT2D eigenvalue weighted by Crippen LogP contribution is -2.34. The molecule has 180 valence electrons. The average Bonchev–Trinajstić information content (AvgIpc) is 2.83. The Hall–Kier alpha value is -3.88. The van der Waals surface area contributed by atoms with E-state index in [0.717, 1.165) is 0 Å². The first-order chi connectivity index (χ1) is 16.9. The molecule has 0 aliphatic rings. The van der Waals surface area contributed by atoms with Gasteiger partial charge in [-0.1, -0.05) is 35.3 Å². The number of hydrazone groups is 1. The average molecular weight is 514 g/mol. The minimum absolute atomic E-state index is 0.176. The molecule has 0 bridgehead atoms. The van der Waals surface area contributed by atoms with Crippen LogP contribution < -0.4 is 20.2 Å². The summed E-state index contributed by atoms with van der Waals surface area (Å²) in [4.78, 5) is 36.5. The Kier molecular flexibility index (Phi) is 9.23. The number of amides is 2. The second-order valence-corrected chi connectivity index (χ2v) is 7.86. The van der Waals surface area contributed by atoms with E-state index in [2.05, 4.69) is 15.8 Å². The summed E-state index contributed by atoms with van der Waals surface area (Å²) < 4.78 is 10.7. The molecule has 0 saturated heterocycles. The fraction of sp³-hybridized carbons (Fsp3) is 0.120. The van der Waals surface area contributed by atoms with Gasteiger partial charge in [0.05, 0.1) is 30.0 Å². The Balaban J connectivity index is 1.49. The summed E-state index contributed by atoms with van der Waals surface area (Å²) in [7, 11) is 0. The first-order valence-electron chi connectivity index (χ1n) is 10.5. The van der Waals surface area contributed by atoms with Gasteiger partial charge in [0.25, 0.3) is 11.8 Å². The topological polar surface area (TPSA) is 106 Å². The molecule has 3 aromatic rings. The summed E-state index contributed by atoms with van der Waals surface area (Å²) in [5.74, 6) is -0.636. The Morgan fingerprint density at radius 3 is 2.46 bits per heavy atom. The van der Waals surface area contributed by atoms with Gasteiger partial charge >= 0.3 is 5.97 Å². The largest absolute Gasteiger partial charge is 0.494 e. The molecule has 10 heteroatoms. The zero-order valence-electron chi connectivity index (χ0n) is 18.6. The van der Waals surface area contributed by atoms with E-state index in [4.69, 9.17) is 32.7 Å². The zero-order chi connectivity index (χ0) is 25.2. The third-order valence-corrected chi connectivity index (χ3v) is 5.01. The van der Waals surface area contributed by atoms with Gasteiger partial charge in [-0.2, -0.15) is 5.10 Å². The minimum Gasteiger partial charge on any atom is -0.494 e. The summed E-state index contributed by atoms with van der Waals surface area (Å²) in [6.45, 7) is 2.13. The number of benzene rings is 3. The van der Waals surface area contributed by atoms with Crippen LogP contribution in [0.25, 0.3) is 0 Å². The molecule has 3 rings (SSSR count). The number of rotatable bonds is 9. The molecule has 0 aliphatic heterocycles. The first kappa shape index (κ1) is 25.7. The normalized spacial score (nSPS) is 10.6. The van der Waals surface area contributed by atoms with E-state index in [1.54, 1.807) is 48.5 Å². The molecule has 0 unspecified atom stereocenters. The number of hydrogen-bond acceptors (Lipinski definition) is 6. The molecular formula is C25H21Cl2N3O5. The molecule has 0 aromatic heterocycles. The van der Waals surface area contributed by atoms with Crippen molar-refractivity contribution in [3.8, 4) is 11.5 Å². The van der Waals surface area contributed by atoms with E-state index in [-0.39, 0.29) is 22.9 Å². The van der Waals surface area contributed by atoms with Gasteiger partial charge in [0.1, 0.15) is 11.5 Å². The van der Waals surface area contributed by atoms with Crippen LogP contribution in [-0.2, 0) is 4.79 Å². The van der Waals surface area contributed by atoms with E-state index >= 15 is 0 Å². The van der Waals surface area contributed by atoms with Crippen LogP contribution in [0.4, 0.5) is 0 Å². The summed E-state index contributed by atoms with van der Waals surface area (Å²) in [5, 5.41) is 6.95. The smallest absolute Gasteiger partial charge is 0.345 e. The molecule has 0 radical (unpaired) electrons. The second-order valence-electron chi connectivity index (χ2n) is 7.02. The lowest BCUT2D eigenvalue weighted by molar-refractivity contribution is -0.120. The van der Waals surface area contributed by atoms with Crippen LogP contribution in [0.1, 0.15) is 33.2 Å². The highest BCUT2D eigenvalue weighted by atomic mass is 35.5. The Labute approximate surface area is 211 Å². The van der Waals surface area contributed by atoms with Crippen molar-refractivity contribution in [2.45, 2.75) is 6.92 Å². The van der Waals surface area contributed by atoms with Gasteiger partial charge in [-0.05, 0) is 67.1 Å². The predicted octanol–water partition coefficient (Wildman–Crippen LogP) is 4.49. The minimum atomic E-state index is -0.641. The summed E-state index contributed by atoms with van der Waals surface area (Å²) in [6.07, 6.45) is 1.37. The van der Waals surface area contributed by atoms with Crippen molar-refractivity contribution in [3.05, 3.63) is 93.5 Å². The molecular weight excluding hydrogens is 493 g/mol. The van der Waals surface area contributed by atoms with Crippen molar-refractivity contribution >= 4 is 47.2 Å². The van der Waals surface area contributed by atoms with Crippen molar-refractivity contribution in [2.75, 3.05) is 13.2 Å². The first-order valence-corrected chi connectivity index (χ1v) is 11.2. The molecule has 2 N–H and O–H groups in total. The van der Waals surface area contributed by atoms with E-state index < -0.39 is 17.8 Å². The fourth-order valence-electron chi connectivity index (χ4n) is 2.83. The monoisotopic (exact) mass is 513 g/mol. The van der Waals surface area contributed by atoms with Crippen LogP contribution in [0.3, 0.4) is 0 Å². The predicted molar refractivity (Wildman–Crippen MR) is 134 cm³/mol. The van der Waals surface area contributed by atoms with Crippen LogP contribution >= 0.6 is 23.2 Å². The molecule has 0 atom stereocenters. The van der Waals surface area contributed by atoms with Gasteiger partial charge in [0.2, 0.25) is 0 Å². The van der Waals surface area contributed by atoms with Crippen LogP contribution in [0.5, 0.6) is 11.5 Å². The lowest BCUT2D eigenvalue weighted by Gasteiger charge is -2.07. The fourth-order valence-corrected chi connectivity index (χ4v) is 3.31. The SMILES string of the molecule is CCOc1ccc(C(=O)NCC(=O)NN=Cc2cccc(OC(=O)c3ccc(Cl)cc3Cl)c2)cc1. The summed E-state index contributed by atoms with van der Waals surface area (Å²) >= 11 is 11.9. The van der Waals surface area contributed by atoms with Gasteiger partial charge in [0, 0.05) is 10.6 Å². The van der Waals surface area contributed by atoms with Gasteiger partial charge < -0.3 is 14.8 Å². The zero-order valence-corrected chi connectivity index (χ0v) is 20.1. The second kappa shape index (κ2) is 12.5.